The standard InChI is InChI=1S/C6H15NO2/c1-3-6(9)5(4-8)7-2/h5-9H,3-4H2,1-2H3. The summed E-state index contributed by atoms with van der Waals surface area (Å²) in [6.07, 6.45) is 0.242. The van der Waals surface area contributed by atoms with Crippen LogP contribution in [0.2, 0.25) is 0 Å². The van der Waals surface area contributed by atoms with E-state index in [9.17, 15) is 0 Å². The van der Waals surface area contributed by atoms with Gasteiger partial charge in [-0.2, -0.15) is 0 Å². The predicted octanol–water partition coefficient (Wildman–Crippen LogP) is -0.662. The molecule has 0 fully saturated rings. The van der Waals surface area contributed by atoms with E-state index in [1.807, 2.05) is 6.92 Å². The van der Waals surface area contributed by atoms with Crippen molar-refractivity contribution in [3.05, 3.63) is 0 Å². The molecule has 0 aliphatic rings. The van der Waals surface area contributed by atoms with E-state index in [0.717, 1.165) is 0 Å². The molecule has 0 spiro atoms. The van der Waals surface area contributed by atoms with Crippen LogP contribution in [-0.4, -0.2) is 36.0 Å². The van der Waals surface area contributed by atoms with Crippen LogP contribution in [0.25, 0.3) is 0 Å². The zero-order chi connectivity index (χ0) is 7.28. The maximum atomic E-state index is 9.10. The first-order valence-electron chi connectivity index (χ1n) is 3.22. The first-order chi connectivity index (χ1) is 4.26. The van der Waals surface area contributed by atoms with E-state index in [1.165, 1.54) is 0 Å². The van der Waals surface area contributed by atoms with Crippen molar-refractivity contribution in [3.8, 4) is 0 Å². The summed E-state index contributed by atoms with van der Waals surface area (Å²) in [6, 6.07) is -0.171. The highest BCUT2D eigenvalue weighted by molar-refractivity contribution is 4.70. The van der Waals surface area contributed by atoms with Gasteiger partial charge in [0.15, 0.2) is 0 Å². The number of nitrogens with one attached hydrogen (secondary N) is 1. The Balaban J connectivity index is 3.50. The fourth-order valence-electron chi connectivity index (χ4n) is 0.690. The summed E-state index contributed by atoms with van der Waals surface area (Å²) in [7, 11) is 1.72. The number of hydrogen-bond acceptors (Lipinski definition) is 3. The number of aliphatic hydroxyl groups excluding tert-OH is 2. The van der Waals surface area contributed by atoms with Crippen LogP contribution in [-0.2, 0) is 0 Å². The summed E-state index contributed by atoms with van der Waals surface area (Å²) in [6.45, 7) is 1.87. The molecule has 3 N–H and O–H groups in total. The van der Waals surface area contributed by atoms with Gasteiger partial charge >= 0.3 is 0 Å². The molecule has 2 unspecified atom stereocenters. The van der Waals surface area contributed by atoms with Crippen LogP contribution in [0.1, 0.15) is 13.3 Å². The van der Waals surface area contributed by atoms with E-state index < -0.39 is 6.10 Å². The number of rotatable bonds is 4. The van der Waals surface area contributed by atoms with Gasteiger partial charge in [-0.15, -0.1) is 0 Å². The summed E-state index contributed by atoms with van der Waals surface area (Å²) in [5.41, 5.74) is 0. The molecule has 56 valence electrons. The van der Waals surface area contributed by atoms with E-state index in [4.69, 9.17) is 10.2 Å². The minimum Gasteiger partial charge on any atom is -0.395 e. The molecule has 0 aromatic heterocycles. The quantitative estimate of drug-likeness (QED) is 0.477. The summed E-state index contributed by atoms with van der Waals surface area (Å²) in [5.74, 6) is 0. The number of likely N-dealkylation sites (N-methyl/N-ethyl adjacent to an activating group) is 1. The molecule has 9 heavy (non-hydrogen) atoms. The summed E-state index contributed by atoms with van der Waals surface area (Å²) in [5, 5.41) is 20.5. The Labute approximate surface area is 55.7 Å². The van der Waals surface area contributed by atoms with E-state index in [0.29, 0.717) is 6.42 Å². The molecule has 0 saturated heterocycles. The number of aliphatic hydroxyl groups is 2. The number of hydrogen-bond donors (Lipinski definition) is 3. The lowest BCUT2D eigenvalue weighted by molar-refractivity contribution is 0.0911. The monoisotopic (exact) mass is 133 g/mol. The Morgan fingerprint density at radius 1 is 1.56 bits per heavy atom. The van der Waals surface area contributed by atoms with Gasteiger partial charge in [0, 0.05) is 0 Å². The third-order valence-corrected chi connectivity index (χ3v) is 1.45. The van der Waals surface area contributed by atoms with E-state index in [1.54, 1.807) is 7.05 Å². The van der Waals surface area contributed by atoms with Crippen LogP contribution in [0, 0.1) is 0 Å². The second kappa shape index (κ2) is 4.73. The van der Waals surface area contributed by atoms with Crippen LogP contribution in [0.3, 0.4) is 0 Å². The van der Waals surface area contributed by atoms with Gasteiger partial charge in [-0.25, -0.2) is 0 Å². The maximum Gasteiger partial charge on any atom is 0.0712 e. The second-order valence-electron chi connectivity index (χ2n) is 2.05. The van der Waals surface area contributed by atoms with Crippen molar-refractivity contribution < 1.29 is 10.2 Å². The molecule has 0 aliphatic heterocycles. The van der Waals surface area contributed by atoms with E-state index in [2.05, 4.69) is 5.32 Å². The van der Waals surface area contributed by atoms with Gasteiger partial charge < -0.3 is 15.5 Å². The summed E-state index contributed by atoms with van der Waals surface area (Å²) >= 11 is 0. The van der Waals surface area contributed by atoms with Crippen LogP contribution < -0.4 is 5.32 Å². The molecule has 0 aromatic rings. The molecule has 0 bridgehead atoms. The van der Waals surface area contributed by atoms with Gasteiger partial charge in [0.1, 0.15) is 0 Å². The van der Waals surface area contributed by atoms with Gasteiger partial charge in [0.25, 0.3) is 0 Å². The zero-order valence-corrected chi connectivity index (χ0v) is 5.96. The normalized spacial score (nSPS) is 17.3. The third kappa shape index (κ3) is 2.79. The topological polar surface area (TPSA) is 52.5 Å². The highest BCUT2D eigenvalue weighted by Gasteiger charge is 2.12. The molecule has 0 radical (unpaired) electrons. The van der Waals surface area contributed by atoms with Crippen LogP contribution >= 0.6 is 0 Å². The first kappa shape index (κ1) is 8.88. The van der Waals surface area contributed by atoms with Crippen molar-refractivity contribution in [1.29, 1.82) is 0 Å². The summed E-state index contributed by atoms with van der Waals surface area (Å²) < 4.78 is 0. The lowest BCUT2D eigenvalue weighted by atomic mass is 10.1. The average Bonchev–Trinajstić information content (AvgIpc) is 1.90. The zero-order valence-electron chi connectivity index (χ0n) is 5.96. The second-order valence-corrected chi connectivity index (χ2v) is 2.05. The Kier molecular flexibility index (Phi) is 4.67. The Morgan fingerprint density at radius 2 is 2.11 bits per heavy atom. The minimum atomic E-state index is -0.431. The largest absolute Gasteiger partial charge is 0.395 e. The maximum absolute atomic E-state index is 9.10. The fourth-order valence-corrected chi connectivity index (χ4v) is 0.690. The van der Waals surface area contributed by atoms with Crippen LogP contribution in [0.15, 0.2) is 0 Å². The van der Waals surface area contributed by atoms with Crippen LogP contribution in [0.5, 0.6) is 0 Å². The molecule has 0 heterocycles. The molecule has 3 nitrogen and oxygen atoms in total. The highest BCUT2D eigenvalue weighted by atomic mass is 16.3. The molecule has 0 saturated carbocycles. The molecule has 0 rings (SSSR count). The third-order valence-electron chi connectivity index (χ3n) is 1.45. The van der Waals surface area contributed by atoms with Crippen molar-refractivity contribution in [2.24, 2.45) is 0 Å². The highest BCUT2D eigenvalue weighted by Crippen LogP contribution is 1.95. The van der Waals surface area contributed by atoms with Crippen molar-refractivity contribution in [2.75, 3.05) is 13.7 Å². The van der Waals surface area contributed by atoms with Crippen LogP contribution in [0.4, 0.5) is 0 Å². The van der Waals surface area contributed by atoms with Gasteiger partial charge in [0.05, 0.1) is 18.8 Å². The van der Waals surface area contributed by atoms with Gasteiger partial charge in [0.2, 0.25) is 0 Å². The van der Waals surface area contributed by atoms with Gasteiger partial charge in [-0.3, -0.25) is 0 Å². The predicted molar refractivity (Wildman–Crippen MR) is 36.2 cm³/mol. The molecule has 2 atom stereocenters. The molecule has 3 heteroatoms. The molecule has 0 aromatic carbocycles. The Morgan fingerprint density at radius 3 is 2.22 bits per heavy atom. The molecule has 0 amide bonds. The van der Waals surface area contributed by atoms with Gasteiger partial charge in [-0.1, -0.05) is 6.92 Å². The van der Waals surface area contributed by atoms with Crippen molar-refractivity contribution in [2.45, 2.75) is 25.5 Å². The van der Waals surface area contributed by atoms with E-state index >= 15 is 0 Å². The lowest BCUT2D eigenvalue weighted by Crippen LogP contribution is -2.40. The van der Waals surface area contributed by atoms with Crippen molar-refractivity contribution in [1.82, 2.24) is 5.32 Å². The minimum absolute atomic E-state index is 0.00843. The average molecular weight is 133 g/mol. The fraction of sp³-hybridized carbons (Fsp3) is 1.00. The van der Waals surface area contributed by atoms with E-state index in [-0.39, 0.29) is 12.6 Å². The van der Waals surface area contributed by atoms with Crippen molar-refractivity contribution >= 4 is 0 Å². The van der Waals surface area contributed by atoms with Gasteiger partial charge in [-0.05, 0) is 13.5 Å². The molecular weight excluding hydrogens is 118 g/mol. The molecule has 0 aliphatic carbocycles. The molecular formula is C6H15NO2. The Hall–Kier alpha value is -0.120. The summed E-state index contributed by atoms with van der Waals surface area (Å²) in [4.78, 5) is 0. The smallest absolute Gasteiger partial charge is 0.0712 e. The lowest BCUT2D eigenvalue weighted by Gasteiger charge is -2.17. The first-order valence-corrected chi connectivity index (χ1v) is 3.22. The Bertz CT molecular complexity index is 64.1. The van der Waals surface area contributed by atoms with Crippen molar-refractivity contribution in [3.63, 3.8) is 0 Å². The SMILES string of the molecule is CCC(O)C(CO)NC.